The van der Waals surface area contributed by atoms with Crippen LogP contribution in [0.2, 0.25) is 0 Å². The van der Waals surface area contributed by atoms with Crippen LogP contribution in [0.25, 0.3) is 0 Å². The van der Waals surface area contributed by atoms with Crippen LogP contribution in [0.5, 0.6) is 0 Å². The molecule has 1 fully saturated rings. The standard InChI is InChI=1S/C16H22N.C10H15.CHF3O3S.Co/c1-4-17(5-2,6-3)15-11-10-14-12-8-7-9-13(12)16(14)15;1-6-7(2)9(4)10(5)8(6)3;2-1(3,4)8(5,6)7;/h7,9-11,15H,4-6,8H2,1-3H3;1-5H3;(H,5,6,7);/q+1;;;/p-1. The van der Waals surface area contributed by atoms with E-state index in [4.69, 9.17) is 13.0 Å². The van der Waals surface area contributed by atoms with E-state index in [0.717, 1.165) is 6.42 Å². The molecule has 0 heterocycles. The molecule has 1 unspecified atom stereocenters. The third-order valence-corrected chi connectivity index (χ3v) is 8.72. The summed E-state index contributed by atoms with van der Waals surface area (Å²) >= 11 is 0. The average molecular weight is 572 g/mol. The van der Waals surface area contributed by atoms with Crippen LogP contribution in [0.4, 0.5) is 13.2 Å². The Balaban J connectivity index is 0.000000294. The SMILES string of the molecule is CC[N+](CC)(CC)C1C=CC2=C1C1=C2CC=C1.C[C]1[C](C)[C](C)[C](C)[C]1C.O=S(=O)([O-])C(F)(F)F.[Co]. The molecule has 4 aliphatic rings. The van der Waals surface area contributed by atoms with Gasteiger partial charge in [0, 0.05) is 22.4 Å². The van der Waals surface area contributed by atoms with Crippen LogP contribution in [-0.4, -0.2) is 48.6 Å². The maximum atomic E-state index is 10.7. The summed E-state index contributed by atoms with van der Waals surface area (Å²) in [6.45, 7) is 21.7. The van der Waals surface area contributed by atoms with E-state index < -0.39 is 15.6 Å². The fourth-order valence-electron chi connectivity index (χ4n) is 5.17. The summed E-state index contributed by atoms with van der Waals surface area (Å²) in [5, 5.41) is 0. The van der Waals surface area contributed by atoms with E-state index in [0.29, 0.717) is 6.04 Å². The number of likely N-dealkylation sites (N-methyl/N-ethyl adjacent to an activating group) is 1. The second-order valence-electron chi connectivity index (χ2n) is 9.32. The Morgan fingerprint density at radius 1 is 0.861 bits per heavy atom. The first kappa shape index (κ1) is 33.2. The van der Waals surface area contributed by atoms with Gasteiger partial charge in [0.15, 0.2) is 10.1 Å². The van der Waals surface area contributed by atoms with Gasteiger partial charge in [0.2, 0.25) is 0 Å². The summed E-state index contributed by atoms with van der Waals surface area (Å²) in [6.07, 6.45) is 10.6. The van der Waals surface area contributed by atoms with Crippen molar-refractivity contribution in [1.29, 1.82) is 0 Å². The molecule has 9 heteroatoms. The van der Waals surface area contributed by atoms with Crippen LogP contribution in [0.15, 0.2) is 46.6 Å². The Morgan fingerprint density at radius 2 is 1.25 bits per heavy atom. The number of rotatable bonds is 4. The topological polar surface area (TPSA) is 57.2 Å². The first-order valence-corrected chi connectivity index (χ1v) is 13.4. The fourth-order valence-corrected chi connectivity index (χ4v) is 5.17. The number of halogens is 3. The second kappa shape index (κ2) is 12.3. The minimum absolute atomic E-state index is 0. The van der Waals surface area contributed by atoms with E-state index in [2.05, 4.69) is 79.7 Å². The predicted octanol–water partition coefficient (Wildman–Crippen LogP) is 6.39. The smallest absolute Gasteiger partial charge is 0.485 e. The number of fused-ring (bicyclic) bond motifs is 2. The quantitative estimate of drug-likeness (QED) is 0.223. The summed E-state index contributed by atoms with van der Waals surface area (Å²) < 4.78 is 60.1. The third kappa shape index (κ3) is 6.22. The number of hydrogen-bond acceptors (Lipinski definition) is 3. The van der Waals surface area contributed by atoms with E-state index in [9.17, 15) is 13.2 Å². The molecule has 0 spiro atoms. The van der Waals surface area contributed by atoms with E-state index in [1.165, 1.54) is 53.7 Å². The number of alkyl halides is 3. The molecule has 0 aromatic carbocycles. The summed E-state index contributed by atoms with van der Waals surface area (Å²) in [4.78, 5) is 0. The Kier molecular flexibility index (Phi) is 11.3. The maximum Gasteiger partial charge on any atom is 0.485 e. The monoisotopic (exact) mass is 571 g/mol. The van der Waals surface area contributed by atoms with E-state index >= 15 is 0 Å². The Hall–Kier alpha value is -0.874. The zero-order valence-corrected chi connectivity index (χ0v) is 24.1. The van der Waals surface area contributed by atoms with Crippen LogP contribution >= 0.6 is 0 Å². The molecule has 1 saturated carbocycles. The van der Waals surface area contributed by atoms with Gasteiger partial charge in [0.25, 0.3) is 0 Å². The molecule has 0 aromatic heterocycles. The largest absolute Gasteiger partial charge is 0.741 e. The molecule has 36 heavy (non-hydrogen) atoms. The van der Waals surface area contributed by atoms with Crippen molar-refractivity contribution in [2.75, 3.05) is 19.6 Å². The van der Waals surface area contributed by atoms with Crippen molar-refractivity contribution in [3.63, 3.8) is 0 Å². The normalized spacial score (nSPS) is 23.1. The van der Waals surface area contributed by atoms with Gasteiger partial charge < -0.3 is 9.04 Å². The third-order valence-electron chi connectivity index (χ3n) is 8.15. The van der Waals surface area contributed by atoms with Crippen molar-refractivity contribution in [2.45, 2.75) is 73.4 Å². The molecule has 6 radical (unpaired) electrons. The zero-order valence-electron chi connectivity index (χ0n) is 22.3. The first-order chi connectivity index (χ1) is 16.1. The van der Waals surface area contributed by atoms with E-state index in [1.807, 2.05) is 0 Å². The molecule has 0 N–H and O–H groups in total. The molecular formula is C27H37CoF3NO3S. The maximum absolute atomic E-state index is 10.7. The van der Waals surface area contributed by atoms with E-state index in [-0.39, 0.29) is 16.8 Å². The molecular weight excluding hydrogens is 534 g/mol. The Morgan fingerprint density at radius 3 is 1.58 bits per heavy atom. The fraction of sp³-hybridized carbons (Fsp3) is 0.519. The average Bonchev–Trinajstić information content (AvgIpc) is 3.41. The molecule has 4 nitrogen and oxygen atoms in total. The van der Waals surface area contributed by atoms with Gasteiger partial charge >= 0.3 is 5.51 Å². The molecule has 1 atom stereocenters. The molecule has 4 rings (SSSR count). The van der Waals surface area contributed by atoms with Crippen molar-refractivity contribution in [1.82, 2.24) is 0 Å². The van der Waals surface area contributed by atoms with Gasteiger partial charge in [0.1, 0.15) is 6.04 Å². The van der Waals surface area contributed by atoms with Crippen LogP contribution in [0.3, 0.4) is 0 Å². The van der Waals surface area contributed by atoms with Gasteiger partial charge in [-0.1, -0.05) is 52.8 Å². The molecule has 0 bridgehead atoms. The molecule has 204 valence electrons. The number of quaternary nitrogens is 1. The van der Waals surface area contributed by atoms with Gasteiger partial charge in [-0.05, 0) is 79.6 Å². The summed E-state index contributed by atoms with van der Waals surface area (Å²) in [6, 6.07) is 0.617. The number of nitrogens with zero attached hydrogens (tertiary/aromatic N) is 1. The molecule has 4 aliphatic carbocycles. The van der Waals surface area contributed by atoms with Gasteiger partial charge in [-0.25, -0.2) is 8.42 Å². The van der Waals surface area contributed by atoms with E-state index in [1.54, 1.807) is 22.3 Å². The summed E-state index contributed by atoms with van der Waals surface area (Å²) in [7, 11) is -6.09. The van der Waals surface area contributed by atoms with Crippen LogP contribution in [-0.2, 0) is 26.9 Å². The van der Waals surface area contributed by atoms with Crippen LogP contribution < -0.4 is 0 Å². The number of allylic oxidation sites excluding steroid dienone is 5. The van der Waals surface area contributed by atoms with Crippen molar-refractivity contribution in [3.8, 4) is 0 Å². The molecule has 0 aliphatic heterocycles. The molecule has 0 saturated heterocycles. The van der Waals surface area contributed by atoms with Crippen molar-refractivity contribution in [2.24, 2.45) is 0 Å². The van der Waals surface area contributed by atoms with Crippen molar-refractivity contribution < 1.29 is 47.4 Å². The number of hydrogen-bond donors (Lipinski definition) is 0. The van der Waals surface area contributed by atoms with Gasteiger partial charge in [-0.3, -0.25) is 0 Å². The van der Waals surface area contributed by atoms with Gasteiger partial charge in [-0.2, -0.15) is 13.2 Å². The minimum atomic E-state index is -6.09. The molecule has 0 amide bonds. The van der Waals surface area contributed by atoms with Crippen LogP contribution in [0.1, 0.15) is 61.8 Å². The van der Waals surface area contributed by atoms with Gasteiger partial charge in [-0.15, -0.1) is 0 Å². The van der Waals surface area contributed by atoms with Crippen molar-refractivity contribution >= 4 is 10.1 Å². The zero-order chi connectivity index (χ0) is 26.9. The van der Waals surface area contributed by atoms with Crippen LogP contribution in [0, 0.1) is 29.6 Å². The Labute approximate surface area is 226 Å². The summed E-state index contributed by atoms with van der Waals surface area (Å²) in [5.41, 5.74) is 0.715. The van der Waals surface area contributed by atoms with Crippen molar-refractivity contribution in [3.05, 3.63) is 76.2 Å². The van der Waals surface area contributed by atoms with Gasteiger partial charge in [0.05, 0.1) is 19.6 Å². The summed E-state index contributed by atoms with van der Waals surface area (Å²) in [5.74, 6) is 7.34. The predicted molar refractivity (Wildman–Crippen MR) is 133 cm³/mol. The second-order valence-corrected chi connectivity index (χ2v) is 10.7. The molecule has 0 aromatic rings. The Bertz CT molecular complexity index is 957. The first-order valence-electron chi connectivity index (χ1n) is 12.0. The minimum Gasteiger partial charge on any atom is -0.741 e.